The van der Waals surface area contributed by atoms with Gasteiger partial charge in [0.15, 0.2) is 0 Å². The Labute approximate surface area is 130 Å². The van der Waals surface area contributed by atoms with Gasteiger partial charge in [0.05, 0.1) is 6.61 Å². The van der Waals surface area contributed by atoms with E-state index in [1.54, 1.807) is 0 Å². The minimum absolute atomic E-state index is 0.817. The second kappa shape index (κ2) is 9.62. The van der Waals surface area contributed by atoms with Gasteiger partial charge in [0.1, 0.15) is 5.75 Å². The van der Waals surface area contributed by atoms with Gasteiger partial charge in [-0.1, -0.05) is 38.0 Å². The highest BCUT2D eigenvalue weighted by Crippen LogP contribution is 2.23. The second-order valence-electron chi connectivity index (χ2n) is 6.02. The van der Waals surface area contributed by atoms with Crippen LogP contribution in [0.15, 0.2) is 24.8 Å². The molecule has 0 heterocycles. The number of hydrogen-bond acceptors (Lipinski definition) is 2. The zero-order valence-electron chi connectivity index (χ0n) is 14.2. The summed E-state index contributed by atoms with van der Waals surface area (Å²) in [5, 5.41) is 0. The lowest BCUT2D eigenvalue weighted by Crippen LogP contribution is -2.12. The van der Waals surface area contributed by atoms with E-state index in [9.17, 15) is 0 Å². The molecule has 0 N–H and O–H groups in total. The first-order valence-corrected chi connectivity index (χ1v) is 8.11. The molecule has 0 spiro atoms. The van der Waals surface area contributed by atoms with Gasteiger partial charge in [-0.15, -0.1) is 0 Å². The molecule has 0 fully saturated rings. The molecule has 2 nitrogen and oxygen atoms in total. The van der Waals surface area contributed by atoms with Crippen molar-refractivity contribution < 1.29 is 4.74 Å². The van der Waals surface area contributed by atoms with Crippen molar-refractivity contribution in [1.29, 1.82) is 0 Å². The molecule has 1 aromatic rings. The van der Waals surface area contributed by atoms with E-state index in [0.717, 1.165) is 30.8 Å². The lowest BCUT2D eigenvalue weighted by molar-refractivity contribution is 0.301. The average Bonchev–Trinajstić information content (AvgIpc) is 2.45. The number of hydrogen-bond donors (Lipinski definition) is 0. The monoisotopic (exact) mass is 289 g/mol. The first kappa shape index (κ1) is 17.8. The van der Waals surface area contributed by atoms with Crippen LogP contribution < -0.4 is 4.74 Å². The topological polar surface area (TPSA) is 12.5 Å². The molecule has 1 rings (SSSR count). The zero-order chi connectivity index (χ0) is 15.7. The van der Waals surface area contributed by atoms with Crippen LogP contribution in [0.4, 0.5) is 0 Å². The Hall–Kier alpha value is -1.28. The fraction of sp³-hybridized carbons (Fsp3) is 0.579. The molecule has 0 atom stereocenters. The first-order valence-electron chi connectivity index (χ1n) is 8.11. The number of benzene rings is 1. The van der Waals surface area contributed by atoms with Crippen molar-refractivity contribution in [3.8, 4) is 5.75 Å². The maximum Gasteiger partial charge on any atom is 0.119 e. The van der Waals surface area contributed by atoms with Crippen molar-refractivity contribution in [2.24, 2.45) is 0 Å². The lowest BCUT2D eigenvalue weighted by atomic mass is 10.00. The number of rotatable bonds is 10. The number of aryl methyl sites for hydroxylation is 1. The Bertz CT molecular complexity index is 437. The molecule has 118 valence electrons. The van der Waals surface area contributed by atoms with Gasteiger partial charge in [-0.25, -0.2) is 0 Å². The first-order chi connectivity index (χ1) is 10.0. The third-order valence-corrected chi connectivity index (χ3v) is 3.69. The van der Waals surface area contributed by atoms with Crippen LogP contribution in [0.1, 0.15) is 50.7 Å². The van der Waals surface area contributed by atoms with Crippen molar-refractivity contribution in [2.75, 3.05) is 27.2 Å². The summed E-state index contributed by atoms with van der Waals surface area (Å²) in [6.07, 6.45) is 5.97. The van der Waals surface area contributed by atoms with Gasteiger partial charge in [-0.2, -0.15) is 0 Å². The maximum absolute atomic E-state index is 5.87. The summed E-state index contributed by atoms with van der Waals surface area (Å²) >= 11 is 0. The molecule has 0 bridgehead atoms. The van der Waals surface area contributed by atoms with E-state index < -0.39 is 0 Å². The molecule has 0 aliphatic heterocycles. The third kappa shape index (κ3) is 6.81. The number of unbranched alkanes of at least 4 members (excludes halogenated alkanes) is 3. The number of nitrogens with zero attached hydrogens (tertiary/aromatic N) is 1. The Morgan fingerprint density at radius 1 is 1.14 bits per heavy atom. The third-order valence-electron chi connectivity index (χ3n) is 3.69. The van der Waals surface area contributed by atoms with Gasteiger partial charge in [0.25, 0.3) is 0 Å². The summed E-state index contributed by atoms with van der Waals surface area (Å²) < 4.78 is 5.87. The lowest BCUT2D eigenvalue weighted by Gasteiger charge is -2.12. The highest BCUT2D eigenvalue weighted by molar-refractivity contribution is 5.65. The Balaban J connectivity index is 2.31. The maximum atomic E-state index is 5.87. The van der Waals surface area contributed by atoms with Crippen LogP contribution in [0.2, 0.25) is 0 Å². The summed E-state index contributed by atoms with van der Waals surface area (Å²) in [5.74, 6) is 0.991. The predicted octanol–water partition coefficient (Wildman–Crippen LogP) is 4.78. The van der Waals surface area contributed by atoms with Crippen LogP contribution in [-0.2, 0) is 6.42 Å². The van der Waals surface area contributed by atoms with E-state index in [1.807, 2.05) is 0 Å². The number of ether oxygens (including phenoxy) is 1. The molecule has 0 unspecified atom stereocenters. The Kier molecular flexibility index (Phi) is 8.14. The summed E-state index contributed by atoms with van der Waals surface area (Å²) in [6.45, 7) is 10.3. The van der Waals surface area contributed by atoms with Crippen molar-refractivity contribution in [3.63, 3.8) is 0 Å². The molecule has 0 radical (unpaired) electrons. The molecule has 2 heteroatoms. The van der Waals surface area contributed by atoms with E-state index in [2.05, 4.69) is 57.6 Å². The number of allylic oxidation sites excluding steroid dienone is 1. The molecule has 0 aliphatic carbocycles. The summed E-state index contributed by atoms with van der Waals surface area (Å²) in [4.78, 5) is 2.24. The summed E-state index contributed by atoms with van der Waals surface area (Å²) in [7, 11) is 4.26. The molecule has 1 aromatic carbocycles. The van der Waals surface area contributed by atoms with E-state index in [1.165, 1.54) is 36.9 Å². The molecule has 0 saturated carbocycles. The van der Waals surface area contributed by atoms with Gasteiger partial charge in [-0.05, 0) is 70.1 Å². The minimum atomic E-state index is 0.817. The fourth-order valence-electron chi connectivity index (χ4n) is 2.44. The fourth-order valence-corrected chi connectivity index (χ4v) is 2.44. The Morgan fingerprint density at radius 3 is 2.48 bits per heavy atom. The van der Waals surface area contributed by atoms with Crippen LogP contribution in [0.3, 0.4) is 0 Å². The van der Waals surface area contributed by atoms with Gasteiger partial charge < -0.3 is 9.64 Å². The quantitative estimate of drug-likeness (QED) is 0.575. The van der Waals surface area contributed by atoms with Crippen molar-refractivity contribution in [3.05, 3.63) is 35.9 Å². The van der Waals surface area contributed by atoms with Crippen molar-refractivity contribution in [1.82, 2.24) is 4.90 Å². The zero-order valence-corrected chi connectivity index (χ0v) is 14.2. The average molecular weight is 289 g/mol. The van der Waals surface area contributed by atoms with Crippen LogP contribution in [0, 0.1) is 0 Å². The largest absolute Gasteiger partial charge is 0.494 e. The van der Waals surface area contributed by atoms with E-state index in [0.29, 0.717) is 0 Å². The molecule has 0 saturated heterocycles. The van der Waals surface area contributed by atoms with Gasteiger partial charge in [0.2, 0.25) is 0 Å². The summed E-state index contributed by atoms with van der Waals surface area (Å²) in [5.41, 5.74) is 3.71. The van der Waals surface area contributed by atoms with Crippen LogP contribution in [0.25, 0.3) is 5.57 Å². The van der Waals surface area contributed by atoms with Gasteiger partial charge in [-0.3, -0.25) is 0 Å². The van der Waals surface area contributed by atoms with E-state index in [-0.39, 0.29) is 0 Å². The predicted molar refractivity (Wildman–Crippen MR) is 93.0 cm³/mol. The van der Waals surface area contributed by atoms with E-state index in [4.69, 9.17) is 4.74 Å². The summed E-state index contributed by atoms with van der Waals surface area (Å²) in [6, 6.07) is 6.36. The van der Waals surface area contributed by atoms with Crippen LogP contribution >= 0.6 is 0 Å². The van der Waals surface area contributed by atoms with Crippen LogP contribution in [0.5, 0.6) is 5.75 Å². The molecule has 0 aromatic heterocycles. The van der Waals surface area contributed by atoms with Crippen molar-refractivity contribution >= 4 is 5.57 Å². The minimum Gasteiger partial charge on any atom is -0.494 e. The molecule has 0 aliphatic rings. The van der Waals surface area contributed by atoms with Crippen LogP contribution in [-0.4, -0.2) is 32.1 Å². The van der Waals surface area contributed by atoms with E-state index >= 15 is 0 Å². The smallest absolute Gasteiger partial charge is 0.119 e. The molecular formula is C19H31NO. The second-order valence-corrected chi connectivity index (χ2v) is 6.02. The van der Waals surface area contributed by atoms with Crippen molar-refractivity contribution in [2.45, 2.75) is 46.0 Å². The molecule has 0 amide bonds. The normalized spacial score (nSPS) is 10.9. The Morgan fingerprint density at radius 2 is 1.86 bits per heavy atom. The standard InChI is InChI=1S/C19H31NO/c1-6-17-15-18(11-12-19(17)16(2)3)21-14-10-8-7-9-13-20(4)5/h11-12,15H,2,6-10,13-14H2,1,3-5H3. The van der Waals surface area contributed by atoms with Gasteiger partial charge >= 0.3 is 0 Å². The highest BCUT2D eigenvalue weighted by atomic mass is 16.5. The molecular weight excluding hydrogens is 258 g/mol. The van der Waals surface area contributed by atoms with Gasteiger partial charge in [0, 0.05) is 0 Å². The SMILES string of the molecule is C=C(C)c1ccc(OCCCCCCN(C)C)cc1CC. The highest BCUT2D eigenvalue weighted by Gasteiger charge is 2.04. The molecule has 21 heavy (non-hydrogen) atoms.